The van der Waals surface area contributed by atoms with Gasteiger partial charge >= 0.3 is 6.09 Å². The minimum Gasteiger partial charge on any atom is -0.472 e. The lowest BCUT2D eigenvalue weighted by Gasteiger charge is -2.22. The SMILES string of the molecule is Cc1nn(C)cc1CNC(=O)OC1CCc2c(sc(NC(=O)/C=C/c3ccoc3)c2C#N)C1. The van der Waals surface area contributed by atoms with E-state index < -0.39 is 6.09 Å². The van der Waals surface area contributed by atoms with Crippen molar-refractivity contribution >= 4 is 34.4 Å². The summed E-state index contributed by atoms with van der Waals surface area (Å²) < 4.78 is 12.3. The first-order valence-electron chi connectivity index (χ1n) is 10.4. The summed E-state index contributed by atoms with van der Waals surface area (Å²) >= 11 is 1.35. The largest absolute Gasteiger partial charge is 0.472 e. The van der Waals surface area contributed by atoms with Crippen LogP contribution in [0, 0.1) is 18.3 Å². The second kappa shape index (κ2) is 9.75. The highest BCUT2D eigenvalue weighted by atomic mass is 32.1. The zero-order valence-electron chi connectivity index (χ0n) is 18.3. The van der Waals surface area contributed by atoms with Crippen molar-refractivity contribution in [2.24, 2.45) is 7.05 Å². The Morgan fingerprint density at radius 3 is 3.03 bits per heavy atom. The molecule has 4 rings (SSSR count). The van der Waals surface area contributed by atoms with E-state index in [0.717, 1.165) is 27.3 Å². The molecule has 0 bridgehead atoms. The lowest BCUT2D eigenvalue weighted by molar-refractivity contribution is -0.111. The number of aromatic nitrogens is 2. The molecule has 3 aromatic rings. The smallest absolute Gasteiger partial charge is 0.407 e. The van der Waals surface area contributed by atoms with Gasteiger partial charge in [0.15, 0.2) is 0 Å². The van der Waals surface area contributed by atoms with Gasteiger partial charge in [-0.25, -0.2) is 4.79 Å². The van der Waals surface area contributed by atoms with Gasteiger partial charge in [0.2, 0.25) is 5.91 Å². The first-order chi connectivity index (χ1) is 15.9. The van der Waals surface area contributed by atoms with Crippen molar-refractivity contribution < 1.29 is 18.7 Å². The van der Waals surface area contributed by atoms with E-state index in [1.807, 2.05) is 20.2 Å². The van der Waals surface area contributed by atoms with Gasteiger partial charge in [-0.2, -0.15) is 10.4 Å². The molecule has 0 radical (unpaired) electrons. The highest BCUT2D eigenvalue weighted by molar-refractivity contribution is 7.16. The first-order valence-corrected chi connectivity index (χ1v) is 11.2. The van der Waals surface area contributed by atoms with Crippen LogP contribution in [0.4, 0.5) is 9.80 Å². The van der Waals surface area contributed by atoms with Crippen LogP contribution in [0.5, 0.6) is 0 Å². The molecule has 1 aliphatic rings. The molecule has 0 fully saturated rings. The number of carbonyl (C=O) groups excluding carboxylic acids is 2. The summed E-state index contributed by atoms with van der Waals surface area (Å²) in [7, 11) is 1.83. The normalized spacial score (nSPS) is 15.1. The Kier molecular flexibility index (Phi) is 6.60. The van der Waals surface area contributed by atoms with E-state index in [0.29, 0.717) is 36.4 Å². The molecule has 0 saturated heterocycles. The number of nitrogens with zero attached hydrogens (tertiary/aromatic N) is 3. The van der Waals surface area contributed by atoms with Crippen LogP contribution in [0.2, 0.25) is 0 Å². The predicted octanol–water partition coefficient (Wildman–Crippen LogP) is 3.69. The molecule has 33 heavy (non-hydrogen) atoms. The number of alkyl carbamates (subject to hydrolysis) is 1. The lowest BCUT2D eigenvalue weighted by atomic mass is 9.94. The van der Waals surface area contributed by atoms with Crippen LogP contribution in [0.25, 0.3) is 6.08 Å². The molecule has 10 heteroatoms. The van der Waals surface area contributed by atoms with Crippen LogP contribution in [0.3, 0.4) is 0 Å². The Bertz CT molecular complexity index is 1230. The number of carbonyl (C=O) groups is 2. The number of thiophene rings is 1. The second-order valence-electron chi connectivity index (χ2n) is 7.74. The molecule has 1 unspecified atom stereocenters. The Hall–Kier alpha value is -3.84. The van der Waals surface area contributed by atoms with Crippen molar-refractivity contribution in [3.8, 4) is 6.07 Å². The number of anilines is 1. The average Bonchev–Trinajstić information content (AvgIpc) is 3.49. The van der Waals surface area contributed by atoms with Crippen molar-refractivity contribution in [2.45, 2.75) is 38.8 Å². The minimum absolute atomic E-state index is 0.290. The van der Waals surface area contributed by atoms with Gasteiger partial charge in [-0.15, -0.1) is 11.3 Å². The lowest BCUT2D eigenvalue weighted by Crippen LogP contribution is -2.31. The van der Waals surface area contributed by atoms with Gasteiger partial charge in [0.1, 0.15) is 17.2 Å². The van der Waals surface area contributed by atoms with E-state index >= 15 is 0 Å². The second-order valence-corrected chi connectivity index (χ2v) is 8.84. The van der Waals surface area contributed by atoms with Crippen LogP contribution in [0.15, 0.2) is 35.3 Å². The molecule has 9 nitrogen and oxygen atoms in total. The van der Waals surface area contributed by atoms with E-state index in [1.54, 1.807) is 16.8 Å². The quantitative estimate of drug-likeness (QED) is 0.536. The molecule has 0 saturated carbocycles. The molecule has 3 heterocycles. The van der Waals surface area contributed by atoms with Gasteiger partial charge in [0.05, 0.1) is 23.8 Å². The third-order valence-electron chi connectivity index (χ3n) is 5.35. The van der Waals surface area contributed by atoms with E-state index in [9.17, 15) is 14.9 Å². The Balaban J connectivity index is 1.36. The standard InChI is InChI=1S/C23H23N5O4S/c1-14-16(12-28(2)27-14)11-25-23(30)32-17-4-5-18-19(10-24)22(33-20(18)9-17)26-21(29)6-3-15-7-8-31-13-15/h3,6-8,12-13,17H,4-5,9,11H2,1-2H3,(H,25,30)(H,26,29)/b6-3+. The van der Waals surface area contributed by atoms with Gasteiger partial charge in [0.25, 0.3) is 0 Å². The maximum atomic E-state index is 12.3. The Labute approximate surface area is 194 Å². The maximum absolute atomic E-state index is 12.3. The molecule has 2 amide bonds. The van der Waals surface area contributed by atoms with Crippen LogP contribution in [-0.2, 0) is 36.0 Å². The molecular weight excluding hydrogens is 442 g/mol. The van der Waals surface area contributed by atoms with Crippen LogP contribution >= 0.6 is 11.3 Å². The van der Waals surface area contributed by atoms with Gasteiger partial charge < -0.3 is 19.8 Å². The number of nitriles is 1. The fraction of sp³-hybridized carbons (Fsp3) is 0.304. The third kappa shape index (κ3) is 5.32. The van der Waals surface area contributed by atoms with E-state index in [1.165, 1.54) is 29.9 Å². The Morgan fingerprint density at radius 2 is 2.33 bits per heavy atom. The first kappa shape index (κ1) is 22.4. The zero-order valence-corrected chi connectivity index (χ0v) is 19.1. The molecule has 1 atom stereocenters. The number of nitrogens with one attached hydrogen (secondary N) is 2. The number of fused-ring (bicyclic) bond motifs is 1. The average molecular weight is 466 g/mol. The topological polar surface area (TPSA) is 122 Å². The van der Waals surface area contributed by atoms with Crippen molar-refractivity contribution in [3.63, 3.8) is 0 Å². The number of ether oxygens (including phenoxy) is 1. The molecule has 3 aromatic heterocycles. The van der Waals surface area contributed by atoms with E-state index in [-0.39, 0.29) is 12.0 Å². The molecule has 0 aromatic carbocycles. The van der Waals surface area contributed by atoms with Gasteiger partial charge in [-0.3, -0.25) is 9.48 Å². The highest BCUT2D eigenvalue weighted by Gasteiger charge is 2.28. The van der Waals surface area contributed by atoms with Crippen LogP contribution < -0.4 is 10.6 Å². The number of hydrogen-bond donors (Lipinski definition) is 2. The fourth-order valence-electron chi connectivity index (χ4n) is 3.74. The summed E-state index contributed by atoms with van der Waals surface area (Å²) in [6, 6.07) is 3.95. The third-order valence-corrected chi connectivity index (χ3v) is 6.52. The molecule has 1 aliphatic carbocycles. The maximum Gasteiger partial charge on any atom is 0.407 e. The fourth-order valence-corrected chi connectivity index (χ4v) is 5.01. The number of amides is 2. The minimum atomic E-state index is -0.485. The summed E-state index contributed by atoms with van der Waals surface area (Å²) in [4.78, 5) is 25.5. The zero-order chi connectivity index (χ0) is 23.4. The summed E-state index contributed by atoms with van der Waals surface area (Å²) in [5, 5.41) is 20.0. The Morgan fingerprint density at radius 1 is 1.48 bits per heavy atom. The van der Waals surface area contributed by atoms with Gasteiger partial charge in [0, 0.05) is 48.3 Å². The van der Waals surface area contributed by atoms with Crippen LogP contribution in [-0.4, -0.2) is 27.9 Å². The number of rotatable bonds is 6. The van der Waals surface area contributed by atoms with Crippen molar-refractivity contribution in [2.75, 3.05) is 5.32 Å². The number of aryl methyl sites for hydroxylation is 2. The summed E-state index contributed by atoms with van der Waals surface area (Å²) in [5.41, 5.74) is 3.96. The van der Waals surface area contributed by atoms with Crippen molar-refractivity contribution in [1.82, 2.24) is 15.1 Å². The predicted molar refractivity (Wildman–Crippen MR) is 122 cm³/mol. The van der Waals surface area contributed by atoms with E-state index in [2.05, 4.69) is 21.8 Å². The number of furan rings is 1. The van der Waals surface area contributed by atoms with Crippen molar-refractivity contribution in [1.29, 1.82) is 5.26 Å². The molecular formula is C23H23N5O4S. The number of hydrogen-bond acceptors (Lipinski definition) is 7. The molecule has 0 spiro atoms. The summed E-state index contributed by atoms with van der Waals surface area (Å²) in [5.74, 6) is -0.329. The van der Waals surface area contributed by atoms with Gasteiger partial charge in [-0.1, -0.05) is 0 Å². The van der Waals surface area contributed by atoms with Crippen molar-refractivity contribution in [3.05, 3.63) is 63.7 Å². The highest BCUT2D eigenvalue weighted by Crippen LogP contribution is 2.38. The molecule has 0 aliphatic heterocycles. The molecule has 170 valence electrons. The monoisotopic (exact) mass is 465 g/mol. The summed E-state index contributed by atoms with van der Waals surface area (Å²) in [6.45, 7) is 2.23. The van der Waals surface area contributed by atoms with Crippen LogP contribution in [0.1, 0.15) is 39.2 Å². The van der Waals surface area contributed by atoms with E-state index in [4.69, 9.17) is 9.15 Å². The van der Waals surface area contributed by atoms with Gasteiger partial charge in [-0.05, 0) is 37.5 Å². The summed E-state index contributed by atoms with van der Waals surface area (Å²) in [6.07, 6.45) is 8.90. The molecule has 2 N–H and O–H groups in total.